The highest BCUT2D eigenvalue weighted by Crippen LogP contribution is 2.43. The fraction of sp³-hybridized carbons (Fsp3) is 0.333. The first kappa shape index (κ1) is 31.6. The lowest BCUT2D eigenvalue weighted by Gasteiger charge is -2.26. The number of carbonyl (C=O) groups excluding carboxylic acids is 1. The van der Waals surface area contributed by atoms with Crippen LogP contribution in [0.5, 0.6) is 0 Å². The molecule has 1 N–H and O–H groups in total. The average molecular weight is 601 g/mol. The summed E-state index contributed by atoms with van der Waals surface area (Å²) >= 11 is 12.8. The first-order valence-electron chi connectivity index (χ1n) is 14.6. The quantitative estimate of drug-likeness (QED) is 0.143. The number of hydrogen-bond donors (Lipinski definition) is 1. The van der Waals surface area contributed by atoms with Gasteiger partial charge in [-0.3, -0.25) is 4.79 Å². The molecule has 2 aromatic carbocycles. The van der Waals surface area contributed by atoms with Gasteiger partial charge in [0.15, 0.2) is 6.29 Å². The van der Waals surface area contributed by atoms with Crippen LogP contribution < -0.4 is 5.32 Å². The lowest BCUT2D eigenvalue weighted by Crippen LogP contribution is -2.33. The highest BCUT2D eigenvalue weighted by molar-refractivity contribution is 6.39. The Bertz CT molecular complexity index is 1460. The van der Waals surface area contributed by atoms with Crippen LogP contribution in [0.4, 0.5) is 5.82 Å². The molecule has 1 saturated carbocycles. The highest BCUT2D eigenvalue weighted by atomic mass is 35.5. The summed E-state index contributed by atoms with van der Waals surface area (Å²) in [7, 11) is 0. The summed E-state index contributed by atoms with van der Waals surface area (Å²) in [6.07, 6.45) is 17.0. The molecule has 1 saturated heterocycles. The van der Waals surface area contributed by atoms with Crippen LogP contribution in [0.15, 0.2) is 66.4 Å². The number of allylic oxidation sites excluding steroid dienone is 2. The number of terminal acetylenes is 1. The summed E-state index contributed by atoms with van der Waals surface area (Å²) in [4.78, 5) is 18.7. The molecule has 5 rings (SSSR count). The van der Waals surface area contributed by atoms with Gasteiger partial charge >= 0.3 is 0 Å². The second-order valence-electron chi connectivity index (χ2n) is 11.1. The van der Waals surface area contributed by atoms with Gasteiger partial charge in [0, 0.05) is 24.8 Å². The molecule has 1 aliphatic carbocycles. The number of nitrogens with zero attached hydrogens (tertiary/aromatic N) is 2. The molecule has 0 amide bonds. The molecule has 0 radical (unpaired) electrons. The third kappa shape index (κ3) is 7.53. The fourth-order valence-electron chi connectivity index (χ4n) is 5.58. The van der Waals surface area contributed by atoms with Gasteiger partial charge in [-0.25, -0.2) is 4.98 Å². The number of carbonyl (C=O) groups is 1. The maximum atomic E-state index is 11.4. The summed E-state index contributed by atoms with van der Waals surface area (Å²) in [5.74, 6) is 1.44. The van der Waals surface area contributed by atoms with Crippen molar-refractivity contribution in [3.8, 4) is 24.0 Å². The summed E-state index contributed by atoms with van der Waals surface area (Å²) in [5, 5.41) is 4.20. The van der Waals surface area contributed by atoms with Gasteiger partial charge in [0.05, 0.1) is 15.6 Å². The average Bonchev–Trinajstić information content (AvgIpc) is 3.86. The molecule has 3 aromatic rings. The van der Waals surface area contributed by atoms with Crippen molar-refractivity contribution in [2.75, 3.05) is 31.5 Å². The number of halogens is 2. The van der Waals surface area contributed by atoms with E-state index in [0.29, 0.717) is 27.8 Å². The number of aromatic nitrogens is 1. The Balaban J connectivity index is 0.00000198. The molecular formula is C36H39Cl2N3O. The van der Waals surface area contributed by atoms with Gasteiger partial charge in [-0.2, -0.15) is 0 Å². The first-order valence-corrected chi connectivity index (χ1v) is 15.3. The molecule has 218 valence electrons. The fourth-order valence-corrected chi connectivity index (χ4v) is 6.15. The van der Waals surface area contributed by atoms with E-state index in [1.807, 2.05) is 6.20 Å². The minimum Gasteiger partial charge on any atom is -0.369 e. The first-order chi connectivity index (χ1) is 20.4. The van der Waals surface area contributed by atoms with Crippen molar-refractivity contribution in [2.45, 2.75) is 46.0 Å². The molecule has 0 unspecified atom stereocenters. The summed E-state index contributed by atoms with van der Waals surface area (Å²) in [5.41, 5.74) is 9.04. The van der Waals surface area contributed by atoms with Crippen LogP contribution >= 0.6 is 23.2 Å². The zero-order chi connectivity index (χ0) is 30.2. The zero-order valence-corrected chi connectivity index (χ0v) is 26.1. The molecule has 2 aliphatic rings. The van der Waals surface area contributed by atoms with Gasteiger partial charge in [-0.1, -0.05) is 48.3 Å². The molecule has 42 heavy (non-hydrogen) atoms. The maximum Gasteiger partial charge on any atom is 0.153 e. The van der Waals surface area contributed by atoms with Crippen molar-refractivity contribution in [3.05, 3.63) is 98.7 Å². The highest BCUT2D eigenvalue weighted by Gasteiger charge is 2.27. The van der Waals surface area contributed by atoms with Crippen molar-refractivity contribution < 1.29 is 4.79 Å². The predicted octanol–water partition coefficient (Wildman–Crippen LogP) is 9.11. The summed E-state index contributed by atoms with van der Waals surface area (Å²) < 4.78 is 0. The van der Waals surface area contributed by atoms with Crippen LogP contribution in [0, 0.1) is 25.7 Å². The number of aryl methyl sites for hydroxylation is 1. The zero-order valence-electron chi connectivity index (χ0n) is 24.6. The van der Waals surface area contributed by atoms with Gasteiger partial charge in [0.2, 0.25) is 0 Å². The Morgan fingerprint density at radius 1 is 1.05 bits per heavy atom. The Labute approximate surface area is 260 Å². The monoisotopic (exact) mass is 599 g/mol. The minimum atomic E-state index is 0.312. The van der Waals surface area contributed by atoms with Crippen molar-refractivity contribution >= 4 is 40.9 Å². The van der Waals surface area contributed by atoms with Gasteiger partial charge in [0.1, 0.15) is 5.82 Å². The van der Waals surface area contributed by atoms with Crippen molar-refractivity contribution in [1.29, 1.82) is 0 Å². The Morgan fingerprint density at radius 2 is 1.74 bits per heavy atom. The van der Waals surface area contributed by atoms with Crippen LogP contribution in [0.1, 0.15) is 66.1 Å². The lowest BCUT2D eigenvalue weighted by atomic mass is 9.86. The second-order valence-corrected chi connectivity index (χ2v) is 11.9. The number of likely N-dealkylation sites (tertiary alicyclic amines) is 1. The van der Waals surface area contributed by atoms with E-state index in [2.05, 4.69) is 73.8 Å². The smallest absolute Gasteiger partial charge is 0.153 e. The van der Waals surface area contributed by atoms with Gasteiger partial charge in [-0.15, -0.1) is 12.8 Å². The number of hydrogen-bond acceptors (Lipinski definition) is 4. The lowest BCUT2D eigenvalue weighted by molar-refractivity contribution is 0.112. The molecule has 1 aliphatic heterocycles. The summed E-state index contributed by atoms with van der Waals surface area (Å²) in [6.45, 7) is 13.1. The van der Waals surface area contributed by atoms with Gasteiger partial charge in [0.25, 0.3) is 0 Å². The molecule has 0 atom stereocenters. The molecule has 6 heteroatoms. The third-order valence-electron chi connectivity index (χ3n) is 8.20. The van der Waals surface area contributed by atoms with Gasteiger partial charge in [-0.05, 0) is 128 Å². The van der Waals surface area contributed by atoms with E-state index >= 15 is 0 Å². The van der Waals surface area contributed by atoms with E-state index in [0.717, 1.165) is 52.3 Å². The second kappa shape index (κ2) is 14.7. The molecule has 2 fully saturated rings. The third-order valence-corrected chi connectivity index (χ3v) is 8.82. The molecule has 0 spiro atoms. The van der Waals surface area contributed by atoms with Crippen LogP contribution in [0.2, 0.25) is 10.0 Å². The van der Waals surface area contributed by atoms with E-state index in [9.17, 15) is 4.79 Å². The number of pyridine rings is 1. The van der Waals surface area contributed by atoms with E-state index in [1.165, 1.54) is 56.3 Å². The van der Waals surface area contributed by atoms with Crippen LogP contribution in [0.25, 0.3) is 16.7 Å². The van der Waals surface area contributed by atoms with Crippen molar-refractivity contribution in [1.82, 2.24) is 9.88 Å². The Hall–Kier alpha value is -3.36. The maximum absolute atomic E-state index is 11.4. The standard InChI is InChI=1S/C34H37Cl2N3O.C2H2/c1-22-7-8-26(28-18-31(35)30(21-40)32(36)19-28)17-29(22)34(24(3)23(2)25-9-10-25)27-11-12-33(38-20-27)37-13-16-39-14-5-4-6-15-39;1-2/h7-8,11-12,17-21,25H,2,4-6,9-10,13-16H2,1,3H3,(H,37,38);1-2H/b34-24+;. The Kier molecular flexibility index (Phi) is 11.0. The SMILES string of the molecule is C#C.C=C(/C(C)=C(\c1ccc(NCCN2CCCCC2)nc1)c1cc(-c2cc(Cl)c(C=O)c(Cl)c2)ccc1C)C1CC1. The molecule has 0 bridgehead atoms. The van der Waals surface area contributed by atoms with E-state index < -0.39 is 0 Å². The largest absolute Gasteiger partial charge is 0.369 e. The number of nitrogens with one attached hydrogen (secondary N) is 1. The van der Waals surface area contributed by atoms with E-state index in [-0.39, 0.29) is 0 Å². The van der Waals surface area contributed by atoms with Crippen molar-refractivity contribution in [2.24, 2.45) is 5.92 Å². The van der Waals surface area contributed by atoms with E-state index in [1.54, 1.807) is 12.1 Å². The summed E-state index contributed by atoms with van der Waals surface area (Å²) in [6, 6.07) is 14.2. The van der Waals surface area contributed by atoms with Crippen LogP contribution in [-0.2, 0) is 0 Å². The number of anilines is 1. The predicted molar refractivity (Wildman–Crippen MR) is 178 cm³/mol. The van der Waals surface area contributed by atoms with Crippen LogP contribution in [0.3, 0.4) is 0 Å². The topological polar surface area (TPSA) is 45.2 Å². The molecule has 4 nitrogen and oxygen atoms in total. The number of piperidine rings is 1. The van der Waals surface area contributed by atoms with Gasteiger partial charge < -0.3 is 10.2 Å². The Morgan fingerprint density at radius 3 is 2.33 bits per heavy atom. The number of aldehydes is 1. The normalized spacial score (nSPS) is 15.7. The molecule has 2 heterocycles. The number of benzene rings is 2. The minimum absolute atomic E-state index is 0.312. The van der Waals surface area contributed by atoms with E-state index in [4.69, 9.17) is 28.2 Å². The number of rotatable bonds is 10. The molecular weight excluding hydrogens is 561 g/mol. The van der Waals surface area contributed by atoms with Crippen molar-refractivity contribution in [3.63, 3.8) is 0 Å². The molecule has 1 aromatic heterocycles. The van der Waals surface area contributed by atoms with Crippen LogP contribution in [-0.4, -0.2) is 42.3 Å².